The maximum Gasteiger partial charge on any atom is 0.255 e. The lowest BCUT2D eigenvalue weighted by molar-refractivity contribution is 0.102. The van der Waals surface area contributed by atoms with Crippen molar-refractivity contribution in [2.45, 2.75) is 20.3 Å². The van der Waals surface area contributed by atoms with Crippen LogP contribution in [0.4, 0.5) is 11.4 Å². The molecular formula is C18H21ClN2O4S. The van der Waals surface area contributed by atoms with Crippen LogP contribution in [0.25, 0.3) is 0 Å². The molecule has 0 unspecified atom stereocenters. The number of methoxy groups -OCH3 is 1. The Hall–Kier alpha value is -2.25. The maximum atomic E-state index is 12.5. The first-order chi connectivity index (χ1) is 12.3. The molecule has 0 aliphatic heterocycles. The molecule has 26 heavy (non-hydrogen) atoms. The fourth-order valence-electron chi connectivity index (χ4n) is 2.35. The molecule has 2 aromatic rings. The van der Waals surface area contributed by atoms with Crippen LogP contribution in [-0.4, -0.2) is 27.2 Å². The van der Waals surface area contributed by atoms with Crippen LogP contribution in [0.15, 0.2) is 36.4 Å². The number of hydrogen-bond acceptors (Lipinski definition) is 4. The molecule has 0 spiro atoms. The molecular weight excluding hydrogens is 376 g/mol. The zero-order chi connectivity index (χ0) is 19.3. The smallest absolute Gasteiger partial charge is 0.255 e. The number of ether oxygens (including phenoxy) is 1. The largest absolute Gasteiger partial charge is 0.495 e. The minimum atomic E-state index is -3.42. The van der Waals surface area contributed by atoms with Crippen molar-refractivity contribution in [2.75, 3.05) is 22.9 Å². The van der Waals surface area contributed by atoms with E-state index in [-0.39, 0.29) is 11.7 Å². The van der Waals surface area contributed by atoms with Crippen molar-refractivity contribution in [1.82, 2.24) is 0 Å². The average molecular weight is 397 g/mol. The molecule has 6 nitrogen and oxygen atoms in total. The number of amides is 1. The van der Waals surface area contributed by atoms with Gasteiger partial charge in [-0.25, -0.2) is 8.42 Å². The molecule has 2 rings (SSSR count). The summed E-state index contributed by atoms with van der Waals surface area (Å²) in [5.74, 6) is 0.0697. The highest BCUT2D eigenvalue weighted by molar-refractivity contribution is 7.92. The number of hydrogen-bond donors (Lipinski definition) is 2. The normalized spacial score (nSPS) is 11.1. The first-order valence-electron chi connectivity index (χ1n) is 8.01. The number of aryl methyl sites for hydroxylation is 1. The second kappa shape index (κ2) is 8.42. The minimum Gasteiger partial charge on any atom is -0.495 e. The Morgan fingerprint density at radius 3 is 2.62 bits per heavy atom. The molecule has 0 fully saturated rings. The van der Waals surface area contributed by atoms with Crippen LogP contribution < -0.4 is 14.8 Å². The van der Waals surface area contributed by atoms with Gasteiger partial charge in [0.1, 0.15) is 5.75 Å². The van der Waals surface area contributed by atoms with Crippen LogP contribution in [-0.2, 0) is 10.0 Å². The first-order valence-corrected chi connectivity index (χ1v) is 10.0. The zero-order valence-electron chi connectivity index (χ0n) is 14.8. The Labute approximate surface area is 158 Å². The van der Waals surface area contributed by atoms with Crippen LogP contribution in [0.2, 0.25) is 5.02 Å². The Kier molecular flexibility index (Phi) is 6.50. The Balaban J connectivity index is 2.23. The lowest BCUT2D eigenvalue weighted by Crippen LogP contribution is -2.17. The SMILES string of the molecule is CCCS(=O)(=O)Nc1cccc(C(=O)Nc2cc(C)c(Cl)cc2OC)c1. The Morgan fingerprint density at radius 1 is 1.23 bits per heavy atom. The summed E-state index contributed by atoms with van der Waals surface area (Å²) in [6.45, 7) is 3.60. The van der Waals surface area contributed by atoms with Gasteiger partial charge in [-0.1, -0.05) is 24.6 Å². The van der Waals surface area contributed by atoms with Gasteiger partial charge in [0.2, 0.25) is 10.0 Å². The Morgan fingerprint density at radius 2 is 1.96 bits per heavy atom. The van der Waals surface area contributed by atoms with E-state index in [1.54, 1.807) is 37.3 Å². The molecule has 0 saturated carbocycles. The van der Waals surface area contributed by atoms with E-state index in [0.717, 1.165) is 5.56 Å². The van der Waals surface area contributed by atoms with Crippen molar-refractivity contribution in [2.24, 2.45) is 0 Å². The van der Waals surface area contributed by atoms with Crippen LogP contribution >= 0.6 is 11.6 Å². The van der Waals surface area contributed by atoms with E-state index in [2.05, 4.69) is 10.0 Å². The summed E-state index contributed by atoms with van der Waals surface area (Å²) in [6, 6.07) is 9.63. The second-order valence-corrected chi connectivity index (χ2v) is 8.01. The van der Waals surface area contributed by atoms with Gasteiger partial charge in [0.05, 0.1) is 18.6 Å². The maximum absolute atomic E-state index is 12.5. The van der Waals surface area contributed by atoms with E-state index in [4.69, 9.17) is 16.3 Å². The minimum absolute atomic E-state index is 0.0185. The monoisotopic (exact) mass is 396 g/mol. The highest BCUT2D eigenvalue weighted by atomic mass is 35.5. The number of sulfonamides is 1. The standard InChI is InChI=1S/C18H21ClN2O4S/c1-4-8-26(23,24)21-14-7-5-6-13(10-14)18(22)20-16-9-12(2)15(19)11-17(16)25-3/h5-7,9-11,21H,4,8H2,1-3H3,(H,20,22). The molecule has 0 aliphatic rings. The molecule has 8 heteroatoms. The summed E-state index contributed by atoms with van der Waals surface area (Å²) in [5.41, 5.74) is 1.93. The van der Waals surface area contributed by atoms with Crippen molar-refractivity contribution in [1.29, 1.82) is 0 Å². The van der Waals surface area contributed by atoms with E-state index in [9.17, 15) is 13.2 Å². The number of anilines is 2. The van der Waals surface area contributed by atoms with Gasteiger partial charge in [-0.05, 0) is 43.2 Å². The van der Waals surface area contributed by atoms with Gasteiger partial charge >= 0.3 is 0 Å². The van der Waals surface area contributed by atoms with Gasteiger partial charge in [-0.3, -0.25) is 9.52 Å². The van der Waals surface area contributed by atoms with Gasteiger partial charge in [-0.15, -0.1) is 0 Å². The summed E-state index contributed by atoms with van der Waals surface area (Å²) in [6.07, 6.45) is 0.505. The molecule has 0 radical (unpaired) electrons. The van der Waals surface area contributed by atoms with Crippen LogP contribution in [0.1, 0.15) is 29.3 Å². The third kappa shape index (κ3) is 5.12. The van der Waals surface area contributed by atoms with Crippen molar-refractivity contribution in [3.8, 4) is 5.75 Å². The molecule has 0 heterocycles. The fraction of sp³-hybridized carbons (Fsp3) is 0.278. The topological polar surface area (TPSA) is 84.5 Å². The van der Waals surface area contributed by atoms with Crippen molar-refractivity contribution in [3.05, 3.63) is 52.5 Å². The predicted octanol–water partition coefficient (Wildman–Crippen LogP) is 4.06. The van der Waals surface area contributed by atoms with Crippen LogP contribution in [0, 0.1) is 6.92 Å². The Bertz CT molecular complexity index is 913. The third-order valence-electron chi connectivity index (χ3n) is 3.60. The third-order valence-corrected chi connectivity index (χ3v) is 5.50. The van der Waals surface area contributed by atoms with Gasteiger partial charge < -0.3 is 10.1 Å². The van der Waals surface area contributed by atoms with Gasteiger partial charge in [0.25, 0.3) is 5.91 Å². The quantitative estimate of drug-likeness (QED) is 0.739. The molecule has 2 N–H and O–H groups in total. The lowest BCUT2D eigenvalue weighted by atomic mass is 10.1. The highest BCUT2D eigenvalue weighted by Gasteiger charge is 2.14. The lowest BCUT2D eigenvalue weighted by Gasteiger charge is -2.13. The molecule has 2 aromatic carbocycles. The average Bonchev–Trinajstić information content (AvgIpc) is 2.57. The van der Waals surface area contributed by atoms with Crippen molar-refractivity contribution in [3.63, 3.8) is 0 Å². The highest BCUT2D eigenvalue weighted by Crippen LogP contribution is 2.31. The van der Waals surface area contributed by atoms with Crippen LogP contribution in [0.3, 0.4) is 0 Å². The molecule has 140 valence electrons. The number of carbonyl (C=O) groups is 1. The number of carbonyl (C=O) groups excluding carboxylic acids is 1. The van der Waals surface area contributed by atoms with E-state index >= 15 is 0 Å². The summed E-state index contributed by atoms with van der Waals surface area (Å²) in [7, 11) is -1.94. The summed E-state index contributed by atoms with van der Waals surface area (Å²) < 4.78 is 31.5. The fourth-order valence-corrected chi connectivity index (χ4v) is 3.63. The zero-order valence-corrected chi connectivity index (χ0v) is 16.4. The van der Waals surface area contributed by atoms with E-state index in [1.807, 2.05) is 6.92 Å². The molecule has 1 amide bonds. The molecule has 0 bridgehead atoms. The van der Waals surface area contributed by atoms with E-state index in [0.29, 0.717) is 34.1 Å². The molecule has 0 aliphatic carbocycles. The summed E-state index contributed by atoms with van der Waals surface area (Å²) in [4.78, 5) is 12.5. The van der Waals surface area contributed by atoms with Gasteiger partial charge in [0.15, 0.2) is 0 Å². The predicted molar refractivity (Wildman–Crippen MR) is 105 cm³/mol. The first kappa shape index (κ1) is 20.1. The summed E-state index contributed by atoms with van der Waals surface area (Å²) in [5, 5.41) is 3.30. The summed E-state index contributed by atoms with van der Waals surface area (Å²) >= 11 is 6.07. The molecule has 0 atom stereocenters. The number of halogens is 1. The van der Waals surface area contributed by atoms with Crippen molar-refractivity contribution >= 4 is 38.9 Å². The van der Waals surface area contributed by atoms with Crippen molar-refractivity contribution < 1.29 is 17.9 Å². The number of rotatable bonds is 7. The van der Waals surface area contributed by atoms with E-state index < -0.39 is 10.0 Å². The second-order valence-electron chi connectivity index (χ2n) is 5.76. The number of nitrogens with one attached hydrogen (secondary N) is 2. The molecule has 0 aromatic heterocycles. The molecule has 0 saturated heterocycles. The van der Waals surface area contributed by atoms with Crippen LogP contribution in [0.5, 0.6) is 5.75 Å². The van der Waals surface area contributed by atoms with Gasteiger partial charge in [-0.2, -0.15) is 0 Å². The van der Waals surface area contributed by atoms with E-state index in [1.165, 1.54) is 13.2 Å². The number of benzene rings is 2. The van der Waals surface area contributed by atoms with Gasteiger partial charge in [0, 0.05) is 22.3 Å².